The molecule has 0 aliphatic carbocycles. The lowest BCUT2D eigenvalue weighted by Gasteiger charge is -2.44. The van der Waals surface area contributed by atoms with Crippen molar-refractivity contribution >= 4 is 18.0 Å². The number of nitrogens with zero attached hydrogens (tertiary/aromatic N) is 3. The highest BCUT2D eigenvalue weighted by molar-refractivity contribution is 6.06. The van der Waals surface area contributed by atoms with Gasteiger partial charge in [0.15, 0.2) is 0 Å². The fraction of sp³-hybridized carbons (Fsp3) is 0.625. The lowest BCUT2D eigenvalue weighted by atomic mass is 9.78. The summed E-state index contributed by atoms with van der Waals surface area (Å²) in [5.74, 6) is -0.500. The van der Waals surface area contributed by atoms with Gasteiger partial charge in [0.2, 0.25) is 0 Å². The second-order valence-corrected chi connectivity index (χ2v) is 9.38. The summed E-state index contributed by atoms with van der Waals surface area (Å²) in [5.41, 5.74) is -0.204. The van der Waals surface area contributed by atoms with Crippen LogP contribution in [0.15, 0.2) is 24.3 Å². The molecule has 3 saturated heterocycles. The minimum absolute atomic E-state index is 0.0584. The lowest BCUT2D eigenvalue weighted by Crippen LogP contribution is -2.56. The van der Waals surface area contributed by atoms with E-state index < -0.39 is 5.54 Å². The van der Waals surface area contributed by atoms with Gasteiger partial charge in [-0.15, -0.1) is 0 Å². The molecule has 8 nitrogen and oxygen atoms in total. The molecule has 0 spiro atoms. The molecule has 3 heterocycles. The standard InChI is InChI=1S/C24H33FN4O4/c1-3-33-23(32)28-14-10-20(11-15-28)27-12-8-18(9-13-27)24(2)21(30)29(22(31)26-24)16-17-4-6-19(25)7-5-17/h4-7,18,20H,3,8-16H2,1-2H3,(H,26,31). The van der Waals surface area contributed by atoms with Gasteiger partial charge in [-0.05, 0) is 76.2 Å². The van der Waals surface area contributed by atoms with Gasteiger partial charge in [0.1, 0.15) is 11.4 Å². The van der Waals surface area contributed by atoms with Gasteiger partial charge in [-0.1, -0.05) is 12.1 Å². The molecule has 1 aromatic carbocycles. The van der Waals surface area contributed by atoms with Gasteiger partial charge in [0, 0.05) is 19.1 Å². The van der Waals surface area contributed by atoms with Crippen LogP contribution >= 0.6 is 0 Å². The molecule has 1 N–H and O–H groups in total. The van der Waals surface area contributed by atoms with E-state index in [9.17, 15) is 18.8 Å². The van der Waals surface area contributed by atoms with E-state index in [2.05, 4.69) is 10.2 Å². The van der Waals surface area contributed by atoms with Crippen LogP contribution in [0.1, 0.15) is 45.1 Å². The van der Waals surface area contributed by atoms with Crippen molar-refractivity contribution in [2.24, 2.45) is 5.92 Å². The number of carbonyl (C=O) groups is 3. The highest BCUT2D eigenvalue weighted by Gasteiger charge is 2.52. The molecule has 0 bridgehead atoms. The van der Waals surface area contributed by atoms with Crippen LogP contribution in [0.5, 0.6) is 0 Å². The summed E-state index contributed by atoms with van der Waals surface area (Å²) >= 11 is 0. The lowest BCUT2D eigenvalue weighted by molar-refractivity contribution is -0.133. The van der Waals surface area contributed by atoms with Crippen LogP contribution in [-0.4, -0.2) is 77.1 Å². The van der Waals surface area contributed by atoms with Crippen molar-refractivity contribution in [3.05, 3.63) is 35.6 Å². The number of benzene rings is 1. The minimum Gasteiger partial charge on any atom is -0.450 e. The number of nitrogens with one attached hydrogen (secondary N) is 1. The summed E-state index contributed by atoms with van der Waals surface area (Å²) in [5, 5.41) is 2.94. The Kier molecular flexibility index (Phi) is 6.88. The minimum atomic E-state index is -0.920. The van der Waals surface area contributed by atoms with Crippen LogP contribution in [0, 0.1) is 11.7 Å². The molecular weight excluding hydrogens is 427 g/mol. The van der Waals surface area contributed by atoms with E-state index in [1.165, 1.54) is 17.0 Å². The second kappa shape index (κ2) is 9.67. The molecule has 3 fully saturated rings. The number of likely N-dealkylation sites (tertiary alicyclic amines) is 2. The van der Waals surface area contributed by atoms with Gasteiger partial charge in [0.05, 0.1) is 13.2 Å². The molecule has 3 aliphatic rings. The van der Waals surface area contributed by atoms with E-state index in [-0.39, 0.29) is 36.3 Å². The second-order valence-electron chi connectivity index (χ2n) is 9.38. The first-order chi connectivity index (χ1) is 15.8. The highest BCUT2D eigenvalue weighted by atomic mass is 19.1. The molecule has 9 heteroatoms. The summed E-state index contributed by atoms with van der Waals surface area (Å²) in [6.07, 6.45) is 3.25. The van der Waals surface area contributed by atoms with Gasteiger partial charge in [-0.3, -0.25) is 9.69 Å². The van der Waals surface area contributed by atoms with Crippen molar-refractivity contribution in [2.45, 2.75) is 57.7 Å². The largest absolute Gasteiger partial charge is 0.450 e. The molecule has 33 heavy (non-hydrogen) atoms. The molecule has 1 atom stereocenters. The zero-order valence-corrected chi connectivity index (χ0v) is 19.4. The Balaban J connectivity index is 1.31. The van der Waals surface area contributed by atoms with Crippen LogP contribution in [-0.2, 0) is 16.1 Å². The van der Waals surface area contributed by atoms with E-state index in [0.717, 1.165) is 38.8 Å². The number of hydrogen-bond acceptors (Lipinski definition) is 5. The van der Waals surface area contributed by atoms with Crippen molar-refractivity contribution < 1.29 is 23.5 Å². The van der Waals surface area contributed by atoms with E-state index in [1.807, 2.05) is 13.8 Å². The van der Waals surface area contributed by atoms with E-state index in [4.69, 9.17) is 4.74 Å². The summed E-state index contributed by atoms with van der Waals surface area (Å²) in [4.78, 5) is 43.3. The fourth-order valence-corrected chi connectivity index (χ4v) is 5.38. The molecule has 4 amide bonds. The van der Waals surface area contributed by atoms with E-state index >= 15 is 0 Å². The predicted octanol–water partition coefficient (Wildman–Crippen LogP) is 2.97. The van der Waals surface area contributed by atoms with Crippen LogP contribution in [0.25, 0.3) is 0 Å². The van der Waals surface area contributed by atoms with Crippen molar-refractivity contribution in [1.29, 1.82) is 0 Å². The van der Waals surface area contributed by atoms with Crippen LogP contribution in [0.2, 0.25) is 0 Å². The Labute approximate surface area is 194 Å². The number of amides is 4. The molecule has 180 valence electrons. The maximum absolute atomic E-state index is 13.3. The third kappa shape index (κ3) is 4.83. The summed E-state index contributed by atoms with van der Waals surface area (Å²) in [6, 6.07) is 5.89. The third-order valence-corrected chi connectivity index (χ3v) is 7.41. The van der Waals surface area contributed by atoms with Crippen LogP contribution in [0.3, 0.4) is 0 Å². The van der Waals surface area contributed by atoms with Gasteiger partial charge in [0.25, 0.3) is 5.91 Å². The Bertz CT molecular complexity index is 879. The molecule has 3 aliphatic heterocycles. The van der Waals surface area contributed by atoms with Crippen molar-refractivity contribution in [3.8, 4) is 0 Å². The van der Waals surface area contributed by atoms with Crippen molar-refractivity contribution in [1.82, 2.24) is 20.0 Å². The normalized spacial score (nSPS) is 25.4. The fourth-order valence-electron chi connectivity index (χ4n) is 5.38. The number of carbonyl (C=O) groups excluding carboxylic acids is 3. The maximum Gasteiger partial charge on any atom is 0.409 e. The molecule has 1 unspecified atom stereocenters. The number of halogens is 1. The topological polar surface area (TPSA) is 82.2 Å². The molecule has 1 aromatic rings. The first-order valence-electron chi connectivity index (χ1n) is 11.9. The number of hydrogen-bond donors (Lipinski definition) is 1. The molecule has 0 aromatic heterocycles. The van der Waals surface area contributed by atoms with Crippen molar-refractivity contribution in [3.63, 3.8) is 0 Å². The Morgan fingerprint density at radius 2 is 1.73 bits per heavy atom. The molecule has 4 rings (SSSR count). The van der Waals surface area contributed by atoms with Gasteiger partial charge < -0.3 is 19.9 Å². The average molecular weight is 461 g/mol. The highest BCUT2D eigenvalue weighted by Crippen LogP contribution is 2.35. The quantitative estimate of drug-likeness (QED) is 0.684. The molecule has 0 radical (unpaired) electrons. The first kappa shape index (κ1) is 23.5. The van der Waals surface area contributed by atoms with E-state index in [1.54, 1.807) is 17.0 Å². The summed E-state index contributed by atoms with van der Waals surface area (Å²) < 4.78 is 18.3. The monoisotopic (exact) mass is 460 g/mol. The number of imide groups is 1. The first-order valence-corrected chi connectivity index (χ1v) is 11.9. The molecular formula is C24H33FN4O4. The predicted molar refractivity (Wildman–Crippen MR) is 120 cm³/mol. The number of rotatable bonds is 5. The SMILES string of the molecule is CCOC(=O)N1CCC(N2CCC(C3(C)NC(=O)N(Cc4ccc(F)cc4)C3=O)CC2)CC1. The molecule has 0 saturated carbocycles. The Morgan fingerprint density at radius 1 is 1.09 bits per heavy atom. The Hall–Kier alpha value is -2.68. The average Bonchev–Trinajstić information content (AvgIpc) is 3.04. The number of piperidine rings is 2. The third-order valence-electron chi connectivity index (χ3n) is 7.41. The number of ether oxygens (including phenoxy) is 1. The van der Waals surface area contributed by atoms with Gasteiger partial charge in [-0.25, -0.2) is 14.0 Å². The van der Waals surface area contributed by atoms with E-state index in [0.29, 0.717) is 31.3 Å². The smallest absolute Gasteiger partial charge is 0.409 e. The van der Waals surface area contributed by atoms with Gasteiger partial charge >= 0.3 is 12.1 Å². The summed E-state index contributed by atoms with van der Waals surface area (Å²) in [7, 11) is 0. The summed E-state index contributed by atoms with van der Waals surface area (Å²) in [6.45, 7) is 7.31. The van der Waals surface area contributed by atoms with Crippen LogP contribution < -0.4 is 5.32 Å². The maximum atomic E-state index is 13.3. The van der Waals surface area contributed by atoms with Crippen LogP contribution in [0.4, 0.5) is 14.0 Å². The zero-order valence-electron chi connectivity index (χ0n) is 19.4. The Morgan fingerprint density at radius 3 is 2.33 bits per heavy atom. The van der Waals surface area contributed by atoms with Crippen molar-refractivity contribution in [2.75, 3.05) is 32.8 Å². The number of urea groups is 1. The zero-order chi connectivity index (χ0) is 23.6. The van der Waals surface area contributed by atoms with Gasteiger partial charge in [-0.2, -0.15) is 0 Å².